The Morgan fingerprint density at radius 2 is 1.67 bits per heavy atom. The van der Waals surface area contributed by atoms with E-state index in [-0.39, 0.29) is 0 Å². The molecular formula is C24H31N3. The van der Waals surface area contributed by atoms with E-state index >= 15 is 0 Å². The van der Waals surface area contributed by atoms with Crippen LogP contribution in [0.25, 0.3) is 21.8 Å². The van der Waals surface area contributed by atoms with E-state index in [4.69, 9.17) is 4.98 Å². The number of rotatable bonds is 5. The summed E-state index contributed by atoms with van der Waals surface area (Å²) in [6.45, 7) is 6.54. The van der Waals surface area contributed by atoms with Gasteiger partial charge in [-0.15, -0.1) is 0 Å². The van der Waals surface area contributed by atoms with Gasteiger partial charge in [-0.3, -0.25) is 0 Å². The van der Waals surface area contributed by atoms with Crippen molar-refractivity contribution in [2.24, 2.45) is 11.8 Å². The lowest BCUT2D eigenvalue weighted by Crippen LogP contribution is -2.28. The summed E-state index contributed by atoms with van der Waals surface area (Å²) in [5.74, 6) is 1.55. The van der Waals surface area contributed by atoms with Crippen LogP contribution in [0.2, 0.25) is 0 Å². The van der Waals surface area contributed by atoms with Crippen LogP contribution >= 0.6 is 0 Å². The van der Waals surface area contributed by atoms with Crippen LogP contribution in [0.4, 0.5) is 5.69 Å². The minimum atomic E-state index is 0.751. The first-order chi connectivity index (χ1) is 13.0. The van der Waals surface area contributed by atoms with Gasteiger partial charge < -0.3 is 10.2 Å². The highest BCUT2D eigenvalue weighted by Crippen LogP contribution is 2.35. The van der Waals surface area contributed by atoms with Gasteiger partial charge in [-0.1, -0.05) is 30.2 Å². The van der Waals surface area contributed by atoms with Crippen molar-refractivity contribution in [3.63, 3.8) is 0 Å². The number of anilines is 1. The van der Waals surface area contributed by atoms with Gasteiger partial charge in [-0.25, -0.2) is 4.98 Å². The fourth-order valence-corrected chi connectivity index (χ4v) is 4.68. The van der Waals surface area contributed by atoms with Crippen molar-refractivity contribution in [1.29, 1.82) is 0 Å². The zero-order valence-electron chi connectivity index (χ0n) is 17.0. The molecule has 1 fully saturated rings. The third-order valence-corrected chi connectivity index (χ3v) is 6.04. The van der Waals surface area contributed by atoms with E-state index in [9.17, 15) is 0 Å². The summed E-state index contributed by atoms with van der Waals surface area (Å²) < 4.78 is 0. The summed E-state index contributed by atoms with van der Waals surface area (Å²) in [6, 6.07) is 13.2. The Balaban J connectivity index is 1.71. The Kier molecular flexibility index (Phi) is 5.05. The first-order valence-electron chi connectivity index (χ1n) is 10.2. The van der Waals surface area contributed by atoms with Crippen molar-refractivity contribution in [2.45, 2.75) is 33.1 Å². The molecule has 142 valence electrons. The first-order valence-corrected chi connectivity index (χ1v) is 10.2. The molecule has 0 bridgehead atoms. The normalized spacial score (nSPS) is 20.0. The minimum absolute atomic E-state index is 0.751. The summed E-state index contributed by atoms with van der Waals surface area (Å²) in [4.78, 5) is 7.27. The fraction of sp³-hybridized carbons (Fsp3) is 0.458. The van der Waals surface area contributed by atoms with Crippen molar-refractivity contribution in [1.82, 2.24) is 9.88 Å². The van der Waals surface area contributed by atoms with Crippen LogP contribution in [0.15, 0.2) is 36.4 Å². The number of pyridine rings is 1. The van der Waals surface area contributed by atoms with Gasteiger partial charge in [-0.05, 0) is 76.4 Å². The monoisotopic (exact) mass is 361 g/mol. The second-order valence-corrected chi connectivity index (χ2v) is 8.62. The smallest absolute Gasteiger partial charge is 0.0733 e. The van der Waals surface area contributed by atoms with E-state index < -0.39 is 0 Å². The van der Waals surface area contributed by atoms with E-state index in [0.717, 1.165) is 29.4 Å². The molecule has 1 aliphatic rings. The van der Waals surface area contributed by atoms with Crippen molar-refractivity contribution in [2.75, 3.05) is 32.5 Å². The van der Waals surface area contributed by atoms with Crippen LogP contribution in [0.1, 0.15) is 30.4 Å². The van der Waals surface area contributed by atoms with Gasteiger partial charge in [0, 0.05) is 23.9 Å². The maximum atomic E-state index is 4.93. The second kappa shape index (κ2) is 7.47. The number of nitrogens with one attached hydrogen (secondary N) is 1. The molecule has 2 aromatic carbocycles. The highest BCUT2D eigenvalue weighted by atomic mass is 15.1. The van der Waals surface area contributed by atoms with Crippen molar-refractivity contribution in [3.8, 4) is 0 Å². The molecule has 1 saturated carbocycles. The van der Waals surface area contributed by atoms with Gasteiger partial charge in [0.05, 0.1) is 16.7 Å². The molecular weight excluding hydrogens is 330 g/mol. The molecule has 1 heterocycles. The van der Waals surface area contributed by atoms with Crippen LogP contribution in [0, 0.1) is 25.7 Å². The largest absolute Gasteiger partial charge is 0.384 e. The van der Waals surface area contributed by atoms with E-state index in [1.165, 1.54) is 53.4 Å². The molecule has 3 nitrogen and oxygen atoms in total. The van der Waals surface area contributed by atoms with Gasteiger partial charge in [0.15, 0.2) is 0 Å². The van der Waals surface area contributed by atoms with Gasteiger partial charge >= 0.3 is 0 Å². The van der Waals surface area contributed by atoms with Crippen LogP contribution in [0.3, 0.4) is 0 Å². The average Bonchev–Trinajstić information content (AvgIpc) is 3.05. The SMILES string of the molecule is Cc1ccc2c(NCC3CCCC3CN(C)C)c3cc(C)ccc3nc2c1. The number of nitrogens with zero attached hydrogens (tertiary/aromatic N) is 2. The van der Waals surface area contributed by atoms with Crippen LogP contribution in [-0.4, -0.2) is 37.1 Å². The molecule has 1 N–H and O–H groups in total. The average molecular weight is 362 g/mol. The zero-order valence-corrected chi connectivity index (χ0v) is 17.0. The van der Waals surface area contributed by atoms with E-state index in [2.05, 4.69) is 74.6 Å². The number of hydrogen-bond donors (Lipinski definition) is 1. The molecule has 3 heteroatoms. The molecule has 2 unspecified atom stereocenters. The summed E-state index contributed by atoms with van der Waals surface area (Å²) in [5.41, 5.74) is 5.97. The van der Waals surface area contributed by atoms with E-state index in [1.807, 2.05) is 0 Å². The Morgan fingerprint density at radius 1 is 0.926 bits per heavy atom. The standard InChI is InChI=1S/C24H31N3/c1-16-9-11-22-21(12-16)24(20-10-8-17(2)13-23(20)26-22)25-14-18-6-5-7-19(18)15-27(3)4/h8-13,18-19H,5-7,14-15H2,1-4H3,(H,25,26). The molecule has 2 atom stereocenters. The minimum Gasteiger partial charge on any atom is -0.384 e. The van der Waals surface area contributed by atoms with Gasteiger partial charge in [0.2, 0.25) is 0 Å². The van der Waals surface area contributed by atoms with Gasteiger partial charge in [-0.2, -0.15) is 0 Å². The molecule has 0 saturated heterocycles. The molecule has 4 rings (SSSR count). The Labute approximate surface area is 162 Å². The summed E-state index contributed by atoms with van der Waals surface area (Å²) in [6.07, 6.45) is 4.06. The predicted octanol–water partition coefficient (Wildman–Crippen LogP) is 5.39. The third kappa shape index (κ3) is 3.79. The molecule has 0 aliphatic heterocycles. The molecule has 0 radical (unpaired) electrons. The summed E-state index contributed by atoms with van der Waals surface area (Å²) in [7, 11) is 4.38. The molecule has 0 amide bonds. The highest BCUT2D eigenvalue weighted by molar-refractivity contribution is 6.07. The molecule has 1 aromatic heterocycles. The first kappa shape index (κ1) is 18.2. The Bertz CT molecular complexity index is 961. The Morgan fingerprint density at radius 3 is 2.48 bits per heavy atom. The molecule has 3 aromatic rings. The van der Waals surface area contributed by atoms with Crippen LogP contribution in [0.5, 0.6) is 0 Å². The topological polar surface area (TPSA) is 28.2 Å². The maximum absolute atomic E-state index is 4.93. The predicted molar refractivity (Wildman–Crippen MR) is 117 cm³/mol. The van der Waals surface area contributed by atoms with E-state index in [0.29, 0.717) is 0 Å². The lowest BCUT2D eigenvalue weighted by atomic mass is 9.95. The number of hydrogen-bond acceptors (Lipinski definition) is 3. The lowest BCUT2D eigenvalue weighted by Gasteiger charge is -2.24. The lowest BCUT2D eigenvalue weighted by molar-refractivity contribution is 0.281. The Hall–Kier alpha value is -2.13. The van der Waals surface area contributed by atoms with Crippen molar-refractivity contribution >= 4 is 27.5 Å². The quantitative estimate of drug-likeness (QED) is 0.617. The summed E-state index contributed by atoms with van der Waals surface area (Å²) >= 11 is 0. The fourth-order valence-electron chi connectivity index (χ4n) is 4.68. The molecule has 1 aliphatic carbocycles. The van der Waals surface area contributed by atoms with Crippen LogP contribution < -0.4 is 5.32 Å². The number of benzene rings is 2. The highest BCUT2D eigenvalue weighted by Gasteiger charge is 2.27. The van der Waals surface area contributed by atoms with Gasteiger partial charge in [0.25, 0.3) is 0 Å². The van der Waals surface area contributed by atoms with E-state index in [1.54, 1.807) is 0 Å². The van der Waals surface area contributed by atoms with Crippen LogP contribution in [-0.2, 0) is 0 Å². The molecule has 27 heavy (non-hydrogen) atoms. The van der Waals surface area contributed by atoms with Crippen molar-refractivity contribution < 1.29 is 0 Å². The molecule has 0 spiro atoms. The van der Waals surface area contributed by atoms with Crippen molar-refractivity contribution in [3.05, 3.63) is 47.5 Å². The third-order valence-electron chi connectivity index (χ3n) is 6.04. The maximum Gasteiger partial charge on any atom is 0.0733 e. The number of aromatic nitrogens is 1. The number of aryl methyl sites for hydroxylation is 2. The van der Waals surface area contributed by atoms with Gasteiger partial charge in [0.1, 0.15) is 0 Å². The second-order valence-electron chi connectivity index (χ2n) is 8.62. The summed E-state index contributed by atoms with van der Waals surface area (Å²) in [5, 5.41) is 6.34. The number of fused-ring (bicyclic) bond motifs is 2. The zero-order chi connectivity index (χ0) is 19.0.